The second-order valence-electron chi connectivity index (χ2n) is 4.47. The second-order valence-corrected chi connectivity index (χ2v) is 4.47. The SMILES string of the molecule is O=c1[nH]nc(C2CC2)n1/N=C/c1ccc(O)c(O)c1. The number of aromatic hydroxyl groups is 2. The molecule has 7 heteroatoms. The standard InChI is InChI=1S/C12H12N4O3/c17-9-4-1-7(5-10(9)18)6-13-16-11(8-2-3-8)14-15-12(16)19/h1,4-6,8,17-18H,2-3H2,(H,15,19)/b13-6+. The first kappa shape index (κ1) is 11.5. The molecule has 7 nitrogen and oxygen atoms in total. The maximum absolute atomic E-state index is 11.6. The van der Waals surface area contributed by atoms with Crippen LogP contribution in [0, 0.1) is 0 Å². The molecule has 1 aromatic carbocycles. The van der Waals surface area contributed by atoms with Crippen LogP contribution in [0.5, 0.6) is 11.5 Å². The normalized spacial score (nSPS) is 15.2. The molecular formula is C12H12N4O3. The van der Waals surface area contributed by atoms with Crippen molar-refractivity contribution in [2.45, 2.75) is 18.8 Å². The van der Waals surface area contributed by atoms with Crippen molar-refractivity contribution >= 4 is 6.21 Å². The Morgan fingerprint density at radius 3 is 2.84 bits per heavy atom. The highest BCUT2D eigenvalue weighted by atomic mass is 16.3. The lowest BCUT2D eigenvalue weighted by molar-refractivity contribution is 0.403. The second kappa shape index (κ2) is 4.27. The maximum atomic E-state index is 11.6. The number of phenolic OH excluding ortho intramolecular Hbond substituents is 2. The third-order valence-electron chi connectivity index (χ3n) is 2.94. The number of hydrogen-bond donors (Lipinski definition) is 3. The van der Waals surface area contributed by atoms with Gasteiger partial charge in [-0.05, 0) is 36.6 Å². The van der Waals surface area contributed by atoms with Crippen LogP contribution in [0.1, 0.15) is 30.1 Å². The zero-order valence-electron chi connectivity index (χ0n) is 9.95. The predicted molar refractivity (Wildman–Crippen MR) is 67.6 cm³/mol. The van der Waals surface area contributed by atoms with Gasteiger partial charge in [-0.2, -0.15) is 14.9 Å². The van der Waals surface area contributed by atoms with Crippen molar-refractivity contribution < 1.29 is 10.2 Å². The third kappa shape index (κ3) is 2.22. The molecule has 1 aliphatic carbocycles. The Bertz CT molecular complexity index is 697. The van der Waals surface area contributed by atoms with Gasteiger partial charge in [-0.25, -0.2) is 9.89 Å². The average Bonchev–Trinajstić information content (AvgIpc) is 3.16. The quantitative estimate of drug-likeness (QED) is 0.559. The molecule has 0 amide bonds. The summed E-state index contributed by atoms with van der Waals surface area (Å²) in [4.78, 5) is 11.6. The average molecular weight is 260 g/mol. The summed E-state index contributed by atoms with van der Waals surface area (Å²) in [6, 6.07) is 4.30. The van der Waals surface area contributed by atoms with E-state index in [4.69, 9.17) is 0 Å². The van der Waals surface area contributed by atoms with Crippen molar-refractivity contribution in [3.05, 3.63) is 40.1 Å². The monoisotopic (exact) mass is 260 g/mol. The molecule has 1 aliphatic rings. The molecule has 0 unspecified atom stereocenters. The highest BCUT2D eigenvalue weighted by Crippen LogP contribution is 2.38. The summed E-state index contributed by atoms with van der Waals surface area (Å²) in [6.45, 7) is 0. The lowest BCUT2D eigenvalue weighted by Crippen LogP contribution is -2.14. The largest absolute Gasteiger partial charge is 0.504 e. The van der Waals surface area contributed by atoms with Gasteiger partial charge in [-0.15, -0.1) is 0 Å². The molecule has 0 bridgehead atoms. The van der Waals surface area contributed by atoms with Gasteiger partial charge in [-0.3, -0.25) is 0 Å². The molecule has 3 N–H and O–H groups in total. The third-order valence-corrected chi connectivity index (χ3v) is 2.94. The highest BCUT2D eigenvalue weighted by molar-refractivity contribution is 5.80. The van der Waals surface area contributed by atoms with E-state index < -0.39 is 0 Å². The zero-order chi connectivity index (χ0) is 13.4. The van der Waals surface area contributed by atoms with Crippen LogP contribution in [0.15, 0.2) is 28.1 Å². The van der Waals surface area contributed by atoms with Gasteiger partial charge in [0.15, 0.2) is 17.3 Å². The van der Waals surface area contributed by atoms with Gasteiger partial charge in [-0.1, -0.05) is 0 Å². The van der Waals surface area contributed by atoms with Gasteiger partial charge < -0.3 is 10.2 Å². The molecule has 0 aliphatic heterocycles. The number of benzene rings is 1. The van der Waals surface area contributed by atoms with E-state index in [-0.39, 0.29) is 17.2 Å². The Hall–Kier alpha value is -2.57. The lowest BCUT2D eigenvalue weighted by atomic mass is 10.2. The van der Waals surface area contributed by atoms with Crippen molar-refractivity contribution in [3.8, 4) is 11.5 Å². The van der Waals surface area contributed by atoms with E-state index in [0.717, 1.165) is 12.8 Å². The number of nitrogens with zero attached hydrogens (tertiary/aromatic N) is 3. The van der Waals surface area contributed by atoms with Crippen LogP contribution in [0.4, 0.5) is 0 Å². The number of hydrogen-bond acceptors (Lipinski definition) is 5. The zero-order valence-corrected chi connectivity index (χ0v) is 9.95. The molecule has 3 rings (SSSR count). The first-order valence-electron chi connectivity index (χ1n) is 5.89. The maximum Gasteiger partial charge on any atom is 0.364 e. The molecule has 1 heterocycles. The number of rotatable bonds is 3. The van der Waals surface area contributed by atoms with Crippen LogP contribution < -0.4 is 5.69 Å². The Morgan fingerprint density at radius 1 is 1.37 bits per heavy atom. The van der Waals surface area contributed by atoms with Crippen molar-refractivity contribution in [1.82, 2.24) is 14.9 Å². The number of phenols is 2. The summed E-state index contributed by atoms with van der Waals surface area (Å²) in [5, 5.41) is 28.9. The molecule has 19 heavy (non-hydrogen) atoms. The summed E-state index contributed by atoms with van der Waals surface area (Å²) in [6.07, 6.45) is 3.46. The van der Waals surface area contributed by atoms with Gasteiger partial charge in [0.1, 0.15) is 0 Å². The molecule has 98 valence electrons. The fraction of sp³-hybridized carbons (Fsp3) is 0.250. The first-order valence-corrected chi connectivity index (χ1v) is 5.89. The van der Waals surface area contributed by atoms with Crippen molar-refractivity contribution in [2.24, 2.45) is 5.10 Å². The van der Waals surface area contributed by atoms with E-state index in [9.17, 15) is 15.0 Å². The summed E-state index contributed by atoms with van der Waals surface area (Å²) in [7, 11) is 0. The van der Waals surface area contributed by atoms with Crippen LogP contribution in [-0.4, -0.2) is 31.3 Å². The van der Waals surface area contributed by atoms with Gasteiger partial charge >= 0.3 is 5.69 Å². The number of aromatic amines is 1. The number of nitrogens with one attached hydrogen (secondary N) is 1. The minimum Gasteiger partial charge on any atom is -0.504 e. The topological polar surface area (TPSA) is 104 Å². The summed E-state index contributed by atoms with van der Waals surface area (Å²) < 4.78 is 1.22. The molecular weight excluding hydrogens is 248 g/mol. The van der Waals surface area contributed by atoms with Gasteiger partial charge in [0.05, 0.1) is 6.21 Å². The Labute approximate surface area is 107 Å². The molecule has 0 atom stereocenters. The van der Waals surface area contributed by atoms with E-state index in [1.54, 1.807) is 6.07 Å². The van der Waals surface area contributed by atoms with Crippen molar-refractivity contribution in [3.63, 3.8) is 0 Å². The van der Waals surface area contributed by atoms with E-state index >= 15 is 0 Å². The fourth-order valence-corrected chi connectivity index (χ4v) is 1.77. The van der Waals surface area contributed by atoms with Crippen LogP contribution in [0.3, 0.4) is 0 Å². The van der Waals surface area contributed by atoms with E-state index in [1.165, 1.54) is 23.0 Å². The van der Waals surface area contributed by atoms with Gasteiger partial charge in [0.25, 0.3) is 0 Å². The summed E-state index contributed by atoms with van der Waals surface area (Å²) in [5.74, 6) is 0.496. The van der Waals surface area contributed by atoms with E-state index in [0.29, 0.717) is 17.3 Å². The molecule has 0 saturated heterocycles. The Kier molecular flexibility index (Phi) is 2.59. The van der Waals surface area contributed by atoms with Crippen molar-refractivity contribution in [1.29, 1.82) is 0 Å². The minimum absolute atomic E-state index is 0.198. The minimum atomic E-state index is -0.388. The van der Waals surface area contributed by atoms with E-state index in [2.05, 4.69) is 15.3 Å². The highest BCUT2D eigenvalue weighted by Gasteiger charge is 2.29. The number of H-pyrrole nitrogens is 1. The van der Waals surface area contributed by atoms with Crippen LogP contribution in [0.25, 0.3) is 0 Å². The smallest absolute Gasteiger partial charge is 0.364 e. The first-order chi connectivity index (χ1) is 9.15. The Balaban J connectivity index is 1.91. The van der Waals surface area contributed by atoms with Crippen LogP contribution in [-0.2, 0) is 0 Å². The molecule has 0 radical (unpaired) electrons. The predicted octanol–water partition coefficient (Wildman–Crippen LogP) is 0.742. The molecule has 1 aromatic heterocycles. The molecule has 1 fully saturated rings. The summed E-state index contributed by atoms with van der Waals surface area (Å²) in [5.41, 5.74) is 0.186. The van der Waals surface area contributed by atoms with Crippen molar-refractivity contribution in [2.75, 3.05) is 0 Å². The van der Waals surface area contributed by atoms with Gasteiger partial charge in [0.2, 0.25) is 0 Å². The molecule has 1 saturated carbocycles. The molecule has 2 aromatic rings. The summed E-state index contributed by atoms with van der Waals surface area (Å²) >= 11 is 0. The number of aromatic nitrogens is 3. The lowest BCUT2D eigenvalue weighted by Gasteiger charge is -1.99. The Morgan fingerprint density at radius 2 is 2.16 bits per heavy atom. The van der Waals surface area contributed by atoms with Crippen LogP contribution in [0.2, 0.25) is 0 Å². The fourth-order valence-electron chi connectivity index (χ4n) is 1.77. The van der Waals surface area contributed by atoms with E-state index in [1.807, 2.05) is 0 Å². The van der Waals surface area contributed by atoms with Gasteiger partial charge in [0, 0.05) is 5.92 Å². The van der Waals surface area contributed by atoms with Crippen LogP contribution >= 0.6 is 0 Å². The molecule has 0 spiro atoms.